The first-order valence-corrected chi connectivity index (χ1v) is 5.25. The third kappa shape index (κ3) is 1.88. The number of hydrogen-bond acceptors (Lipinski definition) is 2. The molecule has 13 heavy (non-hydrogen) atoms. The van der Waals surface area contributed by atoms with Crippen LogP contribution in [0.15, 0.2) is 9.32 Å². The normalized spacial score (nSPS) is 12.1. The predicted molar refractivity (Wildman–Crippen MR) is 55.3 cm³/mol. The highest BCUT2D eigenvalue weighted by molar-refractivity contribution is 9.08. The van der Waals surface area contributed by atoms with Crippen molar-refractivity contribution in [3.05, 3.63) is 21.7 Å². The van der Waals surface area contributed by atoms with Crippen LogP contribution in [0, 0.1) is 0 Å². The Kier molecular flexibility index (Phi) is 2.71. The van der Waals surface area contributed by atoms with Gasteiger partial charge < -0.3 is 4.52 Å². The van der Waals surface area contributed by atoms with Crippen molar-refractivity contribution in [3.8, 4) is 0 Å². The number of nitrogens with zero attached hydrogens (tertiary/aromatic N) is 1. The molecular formula is C9H14BrNO2. The third-order valence-corrected chi connectivity index (χ3v) is 2.42. The second-order valence-electron chi connectivity index (χ2n) is 4.09. The van der Waals surface area contributed by atoms with E-state index in [0.29, 0.717) is 5.33 Å². The molecule has 1 aromatic heterocycles. The van der Waals surface area contributed by atoms with E-state index >= 15 is 0 Å². The lowest BCUT2D eigenvalue weighted by molar-refractivity contribution is 0.246. The second-order valence-corrected chi connectivity index (χ2v) is 4.65. The maximum atomic E-state index is 11.5. The zero-order chi connectivity index (χ0) is 10.2. The molecule has 0 N–H and O–H groups in total. The Morgan fingerprint density at radius 3 is 2.31 bits per heavy atom. The van der Waals surface area contributed by atoms with Crippen molar-refractivity contribution in [1.29, 1.82) is 0 Å². The van der Waals surface area contributed by atoms with Crippen LogP contribution in [0.25, 0.3) is 0 Å². The number of aryl methyl sites for hydroxylation is 1. The Balaban J connectivity index is 3.39. The lowest BCUT2D eigenvalue weighted by atomic mass is 9.91. The fourth-order valence-electron chi connectivity index (χ4n) is 1.23. The van der Waals surface area contributed by atoms with Gasteiger partial charge in [0.15, 0.2) is 0 Å². The second kappa shape index (κ2) is 3.33. The monoisotopic (exact) mass is 247 g/mol. The van der Waals surface area contributed by atoms with Crippen molar-refractivity contribution in [3.63, 3.8) is 0 Å². The van der Waals surface area contributed by atoms with Crippen LogP contribution < -0.4 is 5.56 Å². The van der Waals surface area contributed by atoms with Crippen molar-refractivity contribution in [1.82, 2.24) is 4.74 Å². The van der Waals surface area contributed by atoms with Gasteiger partial charge in [-0.15, -0.1) is 0 Å². The van der Waals surface area contributed by atoms with Gasteiger partial charge in [0.1, 0.15) is 5.76 Å². The Bertz CT molecular complexity index is 357. The summed E-state index contributed by atoms with van der Waals surface area (Å²) in [6.45, 7) is 6.08. The van der Waals surface area contributed by atoms with E-state index in [2.05, 4.69) is 15.9 Å². The molecule has 0 atom stereocenters. The van der Waals surface area contributed by atoms with Gasteiger partial charge in [0, 0.05) is 17.8 Å². The lowest BCUT2D eigenvalue weighted by Crippen LogP contribution is -2.16. The van der Waals surface area contributed by atoms with Crippen LogP contribution in [0.3, 0.4) is 0 Å². The largest absolute Gasteiger partial charge is 0.380 e. The van der Waals surface area contributed by atoms with E-state index in [9.17, 15) is 4.79 Å². The van der Waals surface area contributed by atoms with Gasteiger partial charge in [-0.25, -0.2) is 0 Å². The first kappa shape index (κ1) is 10.6. The summed E-state index contributed by atoms with van der Waals surface area (Å²) in [5, 5.41) is 0.544. The molecule has 3 nitrogen and oxygen atoms in total. The highest BCUT2D eigenvalue weighted by atomic mass is 79.9. The van der Waals surface area contributed by atoms with Crippen molar-refractivity contribution in [2.45, 2.75) is 31.5 Å². The lowest BCUT2D eigenvalue weighted by Gasteiger charge is -2.14. The van der Waals surface area contributed by atoms with E-state index in [-0.39, 0.29) is 11.0 Å². The molecule has 0 spiro atoms. The van der Waals surface area contributed by atoms with Gasteiger partial charge in [0.05, 0.1) is 5.56 Å². The molecule has 1 rings (SSSR count). The van der Waals surface area contributed by atoms with E-state index in [0.717, 1.165) is 11.3 Å². The van der Waals surface area contributed by atoms with Gasteiger partial charge in [-0.1, -0.05) is 36.7 Å². The standard InChI is InChI=1S/C9H14BrNO2/c1-9(2,3)7-6(5-10)8(12)11(4)13-7/h5H2,1-4H3. The van der Waals surface area contributed by atoms with Crippen molar-refractivity contribution in [2.24, 2.45) is 7.05 Å². The number of hydrogen-bond donors (Lipinski definition) is 0. The third-order valence-electron chi connectivity index (χ3n) is 1.86. The summed E-state index contributed by atoms with van der Waals surface area (Å²) in [5.41, 5.74) is 0.542. The molecule has 0 fully saturated rings. The molecule has 0 bridgehead atoms. The van der Waals surface area contributed by atoms with Crippen LogP contribution in [0.2, 0.25) is 0 Å². The molecule has 0 aliphatic rings. The maximum Gasteiger partial charge on any atom is 0.286 e. The summed E-state index contributed by atoms with van der Waals surface area (Å²) < 4.78 is 6.65. The van der Waals surface area contributed by atoms with Crippen LogP contribution in [0.4, 0.5) is 0 Å². The molecule has 0 radical (unpaired) electrons. The Morgan fingerprint density at radius 2 is 2.00 bits per heavy atom. The predicted octanol–water partition coefficient (Wildman–Crippen LogP) is 2.17. The highest BCUT2D eigenvalue weighted by Crippen LogP contribution is 2.25. The Morgan fingerprint density at radius 1 is 1.46 bits per heavy atom. The van der Waals surface area contributed by atoms with Crippen molar-refractivity contribution in [2.75, 3.05) is 0 Å². The summed E-state index contributed by atoms with van der Waals surface area (Å²) in [7, 11) is 1.63. The van der Waals surface area contributed by atoms with Crippen LogP contribution in [0.1, 0.15) is 32.1 Å². The van der Waals surface area contributed by atoms with E-state index in [1.807, 2.05) is 20.8 Å². The van der Waals surface area contributed by atoms with Crippen molar-refractivity contribution < 1.29 is 4.52 Å². The SMILES string of the molecule is Cn1oc(C(C)(C)C)c(CBr)c1=O. The van der Waals surface area contributed by atoms with Crippen LogP contribution >= 0.6 is 15.9 Å². The minimum atomic E-state index is -0.122. The molecule has 0 amide bonds. The van der Waals surface area contributed by atoms with Crippen LogP contribution in [-0.4, -0.2) is 4.74 Å². The Hall–Kier alpha value is -0.510. The summed E-state index contributed by atoms with van der Waals surface area (Å²) in [6.07, 6.45) is 0. The van der Waals surface area contributed by atoms with E-state index in [1.54, 1.807) is 7.05 Å². The maximum absolute atomic E-state index is 11.5. The molecule has 74 valence electrons. The molecule has 0 aliphatic heterocycles. The van der Waals surface area contributed by atoms with Gasteiger partial charge >= 0.3 is 0 Å². The molecule has 4 heteroatoms. The molecular weight excluding hydrogens is 234 g/mol. The quantitative estimate of drug-likeness (QED) is 0.714. The number of halogens is 1. The molecule has 0 aromatic carbocycles. The minimum Gasteiger partial charge on any atom is -0.380 e. The number of rotatable bonds is 1. The van der Waals surface area contributed by atoms with Crippen LogP contribution in [0.5, 0.6) is 0 Å². The minimum absolute atomic E-state index is 0.0539. The Labute approximate surface area is 85.8 Å². The van der Waals surface area contributed by atoms with E-state index < -0.39 is 0 Å². The smallest absolute Gasteiger partial charge is 0.286 e. The zero-order valence-electron chi connectivity index (χ0n) is 8.35. The zero-order valence-corrected chi connectivity index (χ0v) is 9.93. The first-order chi connectivity index (χ1) is 5.88. The summed E-state index contributed by atoms with van der Waals surface area (Å²) in [5.74, 6) is 0.761. The molecule has 1 aromatic rings. The van der Waals surface area contributed by atoms with Crippen LogP contribution in [-0.2, 0) is 17.8 Å². The number of aromatic nitrogens is 1. The van der Waals surface area contributed by atoms with E-state index in [1.165, 1.54) is 4.74 Å². The fraction of sp³-hybridized carbons (Fsp3) is 0.667. The molecule has 0 unspecified atom stereocenters. The van der Waals surface area contributed by atoms with Gasteiger partial charge in [-0.2, -0.15) is 4.74 Å². The van der Waals surface area contributed by atoms with Crippen molar-refractivity contribution >= 4 is 15.9 Å². The summed E-state index contributed by atoms with van der Waals surface area (Å²) in [6, 6.07) is 0. The first-order valence-electron chi connectivity index (χ1n) is 4.13. The molecule has 0 aliphatic carbocycles. The number of alkyl halides is 1. The van der Waals surface area contributed by atoms with Gasteiger partial charge in [-0.05, 0) is 0 Å². The highest BCUT2D eigenvalue weighted by Gasteiger charge is 2.25. The molecule has 0 saturated heterocycles. The average molecular weight is 248 g/mol. The molecule has 1 heterocycles. The summed E-state index contributed by atoms with van der Waals surface area (Å²) >= 11 is 3.29. The van der Waals surface area contributed by atoms with Gasteiger partial charge in [-0.3, -0.25) is 4.79 Å². The van der Waals surface area contributed by atoms with E-state index in [4.69, 9.17) is 4.52 Å². The van der Waals surface area contributed by atoms with Gasteiger partial charge in [0.25, 0.3) is 5.56 Å². The topological polar surface area (TPSA) is 35.1 Å². The molecule has 0 saturated carbocycles. The van der Waals surface area contributed by atoms with Gasteiger partial charge in [0.2, 0.25) is 0 Å². The fourth-order valence-corrected chi connectivity index (χ4v) is 1.72. The summed E-state index contributed by atoms with van der Waals surface area (Å²) in [4.78, 5) is 11.5. The average Bonchev–Trinajstić information content (AvgIpc) is 2.28.